The van der Waals surface area contributed by atoms with E-state index in [-0.39, 0.29) is 11.7 Å². The van der Waals surface area contributed by atoms with E-state index in [0.717, 1.165) is 16.7 Å². The van der Waals surface area contributed by atoms with Crippen molar-refractivity contribution in [1.82, 2.24) is 15.5 Å². The first kappa shape index (κ1) is 17.0. The molecule has 3 aromatic rings. The zero-order chi connectivity index (χ0) is 19.0. The first-order chi connectivity index (χ1) is 13.1. The lowest BCUT2D eigenvalue weighted by molar-refractivity contribution is 0.0955. The lowest BCUT2D eigenvalue weighted by Gasteiger charge is -2.15. The molecule has 1 aliphatic rings. The molecule has 7 nitrogen and oxygen atoms in total. The quantitative estimate of drug-likeness (QED) is 0.646. The first-order valence-corrected chi connectivity index (χ1v) is 8.61. The molecule has 0 saturated heterocycles. The van der Waals surface area contributed by atoms with E-state index in [1.54, 1.807) is 25.3 Å². The summed E-state index contributed by atoms with van der Waals surface area (Å²) in [4.78, 5) is 12.4. The van der Waals surface area contributed by atoms with E-state index in [0.29, 0.717) is 29.5 Å². The molecule has 0 saturated carbocycles. The Morgan fingerprint density at radius 3 is 2.85 bits per heavy atom. The standard InChI is InChI=1S/C20H19N3O4/c1-3-27-15-10-12(7-8-14(15)24)17-16-18(22-23-19(16)20(25)21-17)11-5-4-6-13(9-11)26-2/h4-10,17,24H,3H2,1-2H3,(H,21,25)(H,22,23). The Morgan fingerprint density at radius 1 is 1.22 bits per heavy atom. The molecule has 138 valence electrons. The Kier molecular flexibility index (Phi) is 4.19. The van der Waals surface area contributed by atoms with Crippen molar-refractivity contribution < 1.29 is 19.4 Å². The van der Waals surface area contributed by atoms with Gasteiger partial charge >= 0.3 is 0 Å². The summed E-state index contributed by atoms with van der Waals surface area (Å²) in [6, 6.07) is 12.2. The Morgan fingerprint density at radius 2 is 2.07 bits per heavy atom. The van der Waals surface area contributed by atoms with Crippen LogP contribution in [0.4, 0.5) is 0 Å². The highest BCUT2D eigenvalue weighted by Gasteiger charge is 2.35. The van der Waals surface area contributed by atoms with Gasteiger partial charge < -0.3 is 19.9 Å². The number of nitrogens with one attached hydrogen (secondary N) is 2. The zero-order valence-corrected chi connectivity index (χ0v) is 14.9. The van der Waals surface area contributed by atoms with E-state index >= 15 is 0 Å². The number of carbonyl (C=O) groups excluding carboxylic acids is 1. The van der Waals surface area contributed by atoms with Gasteiger partial charge in [-0.15, -0.1) is 0 Å². The van der Waals surface area contributed by atoms with Crippen LogP contribution in [0.5, 0.6) is 17.2 Å². The number of H-pyrrole nitrogens is 1. The van der Waals surface area contributed by atoms with Gasteiger partial charge in [-0.1, -0.05) is 18.2 Å². The Labute approximate surface area is 155 Å². The molecule has 1 atom stereocenters. The number of rotatable bonds is 5. The van der Waals surface area contributed by atoms with Crippen LogP contribution >= 0.6 is 0 Å². The minimum Gasteiger partial charge on any atom is -0.504 e. The van der Waals surface area contributed by atoms with E-state index < -0.39 is 6.04 Å². The molecule has 2 heterocycles. The number of ether oxygens (including phenoxy) is 2. The largest absolute Gasteiger partial charge is 0.504 e. The molecule has 0 bridgehead atoms. The number of hydrogen-bond acceptors (Lipinski definition) is 5. The highest BCUT2D eigenvalue weighted by Crippen LogP contribution is 2.39. The second kappa shape index (κ2) is 6.68. The predicted molar refractivity (Wildman–Crippen MR) is 99.2 cm³/mol. The van der Waals surface area contributed by atoms with Gasteiger partial charge in [0, 0.05) is 11.1 Å². The number of nitrogens with zero attached hydrogens (tertiary/aromatic N) is 1. The van der Waals surface area contributed by atoms with Gasteiger partial charge in [0.25, 0.3) is 5.91 Å². The summed E-state index contributed by atoms with van der Waals surface area (Å²) in [5.74, 6) is 0.929. The fourth-order valence-electron chi connectivity index (χ4n) is 3.30. The molecule has 0 aliphatic carbocycles. The fourth-order valence-corrected chi connectivity index (χ4v) is 3.30. The second-order valence-electron chi connectivity index (χ2n) is 6.16. The van der Waals surface area contributed by atoms with Gasteiger partial charge in [-0.25, -0.2) is 0 Å². The van der Waals surface area contributed by atoms with Crippen LogP contribution in [0.25, 0.3) is 11.3 Å². The molecule has 4 rings (SSSR count). The van der Waals surface area contributed by atoms with E-state index in [2.05, 4.69) is 15.5 Å². The number of methoxy groups -OCH3 is 1. The number of carbonyl (C=O) groups is 1. The third-order valence-corrected chi connectivity index (χ3v) is 4.56. The first-order valence-electron chi connectivity index (χ1n) is 8.61. The molecule has 27 heavy (non-hydrogen) atoms. The minimum atomic E-state index is -0.396. The summed E-state index contributed by atoms with van der Waals surface area (Å²) in [5.41, 5.74) is 3.52. The zero-order valence-electron chi connectivity index (χ0n) is 14.9. The smallest absolute Gasteiger partial charge is 0.270 e. The summed E-state index contributed by atoms with van der Waals surface area (Å²) in [6.07, 6.45) is 0. The van der Waals surface area contributed by atoms with Crippen molar-refractivity contribution in [2.75, 3.05) is 13.7 Å². The maximum Gasteiger partial charge on any atom is 0.270 e. The normalized spacial score (nSPS) is 15.3. The van der Waals surface area contributed by atoms with Crippen LogP contribution in [0.1, 0.15) is 34.6 Å². The van der Waals surface area contributed by atoms with Gasteiger partial charge in [0.1, 0.15) is 11.4 Å². The molecule has 0 radical (unpaired) electrons. The van der Waals surface area contributed by atoms with Crippen molar-refractivity contribution in [3.63, 3.8) is 0 Å². The third-order valence-electron chi connectivity index (χ3n) is 4.56. The number of hydrogen-bond donors (Lipinski definition) is 3. The van der Waals surface area contributed by atoms with Crippen molar-refractivity contribution >= 4 is 5.91 Å². The Hall–Kier alpha value is -3.48. The van der Waals surface area contributed by atoms with Gasteiger partial charge in [0.2, 0.25) is 0 Å². The number of aromatic amines is 1. The summed E-state index contributed by atoms with van der Waals surface area (Å²) < 4.78 is 10.8. The molecule has 3 N–H and O–H groups in total. The van der Waals surface area contributed by atoms with Crippen LogP contribution in [0.2, 0.25) is 0 Å². The summed E-state index contributed by atoms with van der Waals surface area (Å²) in [7, 11) is 1.60. The van der Waals surface area contributed by atoms with Crippen molar-refractivity contribution in [1.29, 1.82) is 0 Å². The lowest BCUT2D eigenvalue weighted by Crippen LogP contribution is -2.21. The molecule has 1 unspecified atom stereocenters. The number of aromatic nitrogens is 2. The number of fused-ring (bicyclic) bond motifs is 1. The van der Waals surface area contributed by atoms with Gasteiger partial charge in [-0.05, 0) is 36.8 Å². The maximum atomic E-state index is 12.4. The molecular weight excluding hydrogens is 346 g/mol. The summed E-state index contributed by atoms with van der Waals surface area (Å²) in [6.45, 7) is 2.28. The summed E-state index contributed by atoms with van der Waals surface area (Å²) >= 11 is 0. The topological polar surface area (TPSA) is 96.5 Å². The van der Waals surface area contributed by atoms with Crippen molar-refractivity contribution in [3.05, 3.63) is 59.3 Å². The highest BCUT2D eigenvalue weighted by molar-refractivity contribution is 6.00. The van der Waals surface area contributed by atoms with Crippen LogP contribution in [-0.2, 0) is 0 Å². The lowest BCUT2D eigenvalue weighted by atomic mass is 9.96. The highest BCUT2D eigenvalue weighted by atomic mass is 16.5. The average molecular weight is 365 g/mol. The number of phenols is 1. The second-order valence-corrected chi connectivity index (χ2v) is 6.16. The van der Waals surface area contributed by atoms with E-state index in [1.807, 2.05) is 31.2 Å². The monoisotopic (exact) mass is 365 g/mol. The maximum absolute atomic E-state index is 12.4. The molecule has 0 fully saturated rings. The molecule has 7 heteroatoms. The third kappa shape index (κ3) is 2.87. The number of phenolic OH excluding ortho intramolecular Hbond substituents is 1. The van der Waals surface area contributed by atoms with Crippen LogP contribution in [0.15, 0.2) is 42.5 Å². The number of aromatic hydroxyl groups is 1. The average Bonchev–Trinajstić information content (AvgIpc) is 3.25. The van der Waals surface area contributed by atoms with Crippen LogP contribution < -0.4 is 14.8 Å². The van der Waals surface area contributed by atoms with Crippen LogP contribution in [0.3, 0.4) is 0 Å². The predicted octanol–water partition coefficient (Wildman–Crippen LogP) is 3.02. The Balaban J connectivity index is 1.81. The van der Waals surface area contributed by atoms with Crippen LogP contribution in [0, 0.1) is 0 Å². The molecule has 1 amide bonds. The van der Waals surface area contributed by atoms with Gasteiger partial charge in [-0.3, -0.25) is 9.89 Å². The molecule has 1 aliphatic heterocycles. The van der Waals surface area contributed by atoms with Gasteiger partial charge in [0.15, 0.2) is 11.5 Å². The summed E-state index contributed by atoms with van der Waals surface area (Å²) in [5, 5.41) is 20.1. The molecule has 2 aromatic carbocycles. The Bertz CT molecular complexity index is 1010. The number of benzene rings is 2. The number of amides is 1. The fraction of sp³-hybridized carbons (Fsp3) is 0.200. The molecular formula is C20H19N3O4. The van der Waals surface area contributed by atoms with Gasteiger partial charge in [0.05, 0.1) is 25.5 Å². The van der Waals surface area contributed by atoms with E-state index in [4.69, 9.17) is 9.47 Å². The molecule has 0 spiro atoms. The van der Waals surface area contributed by atoms with Crippen molar-refractivity contribution in [3.8, 4) is 28.5 Å². The van der Waals surface area contributed by atoms with Crippen LogP contribution in [-0.4, -0.2) is 34.9 Å². The van der Waals surface area contributed by atoms with E-state index in [1.165, 1.54) is 0 Å². The van der Waals surface area contributed by atoms with Gasteiger partial charge in [-0.2, -0.15) is 5.10 Å². The minimum absolute atomic E-state index is 0.0605. The van der Waals surface area contributed by atoms with Crippen molar-refractivity contribution in [2.45, 2.75) is 13.0 Å². The van der Waals surface area contributed by atoms with Crippen molar-refractivity contribution in [2.24, 2.45) is 0 Å². The molecule has 1 aromatic heterocycles. The SMILES string of the molecule is CCOc1cc(C2NC(=O)c3[nH]nc(-c4cccc(OC)c4)c32)ccc1O. The van der Waals surface area contributed by atoms with E-state index in [9.17, 15) is 9.90 Å².